The summed E-state index contributed by atoms with van der Waals surface area (Å²) in [4.78, 5) is 0. The molecule has 0 saturated heterocycles. The summed E-state index contributed by atoms with van der Waals surface area (Å²) in [6.45, 7) is 3.72. The molecule has 0 spiro atoms. The van der Waals surface area contributed by atoms with Gasteiger partial charge in [0, 0.05) is 17.2 Å². The van der Waals surface area contributed by atoms with Crippen LogP contribution >= 0.6 is 0 Å². The minimum absolute atomic E-state index is 0.160. The molecule has 98 valence electrons. The van der Waals surface area contributed by atoms with Crippen LogP contribution in [0.15, 0.2) is 6.07 Å². The van der Waals surface area contributed by atoms with Gasteiger partial charge in [-0.15, -0.1) is 0 Å². The van der Waals surface area contributed by atoms with E-state index >= 15 is 0 Å². The summed E-state index contributed by atoms with van der Waals surface area (Å²) in [5, 5.41) is 0. The van der Waals surface area contributed by atoms with Gasteiger partial charge in [0.05, 0.1) is 13.2 Å². The zero-order chi connectivity index (χ0) is 12.5. The lowest BCUT2D eigenvalue weighted by molar-refractivity contribution is 0.269. The highest BCUT2D eigenvalue weighted by Gasteiger charge is 2.24. The van der Waals surface area contributed by atoms with E-state index in [0.717, 1.165) is 56.8 Å². The molecule has 2 heterocycles. The fraction of sp³-hybridized carbons (Fsp3) is 0.600. The molecule has 1 aromatic rings. The Balaban J connectivity index is 2.11. The van der Waals surface area contributed by atoms with E-state index in [-0.39, 0.29) is 6.04 Å². The molecular formula is C15H21NO2. The second-order valence-corrected chi connectivity index (χ2v) is 5.41. The summed E-state index contributed by atoms with van der Waals surface area (Å²) in [6.07, 6.45) is 5.27. The smallest absolute Gasteiger partial charge is 0.126 e. The maximum absolute atomic E-state index is 5.99. The van der Waals surface area contributed by atoms with E-state index in [2.05, 4.69) is 13.0 Å². The van der Waals surface area contributed by atoms with Crippen LogP contribution in [0.1, 0.15) is 36.5 Å². The fourth-order valence-electron chi connectivity index (χ4n) is 2.96. The van der Waals surface area contributed by atoms with Crippen molar-refractivity contribution in [1.82, 2.24) is 0 Å². The van der Waals surface area contributed by atoms with Crippen LogP contribution in [0.2, 0.25) is 0 Å². The molecule has 0 amide bonds. The second-order valence-electron chi connectivity index (χ2n) is 5.41. The Bertz CT molecular complexity index is 420. The number of ether oxygens (including phenoxy) is 2. The average molecular weight is 247 g/mol. The number of rotatable bonds is 2. The van der Waals surface area contributed by atoms with Crippen molar-refractivity contribution in [2.45, 2.75) is 45.1 Å². The lowest BCUT2D eigenvalue weighted by Crippen LogP contribution is -2.23. The topological polar surface area (TPSA) is 44.5 Å². The van der Waals surface area contributed by atoms with Gasteiger partial charge in [-0.25, -0.2) is 0 Å². The highest BCUT2D eigenvalue weighted by molar-refractivity contribution is 5.55. The molecule has 0 radical (unpaired) electrons. The van der Waals surface area contributed by atoms with Gasteiger partial charge in [-0.3, -0.25) is 0 Å². The van der Waals surface area contributed by atoms with Crippen LogP contribution in [-0.2, 0) is 19.3 Å². The highest BCUT2D eigenvalue weighted by atomic mass is 16.5. The minimum Gasteiger partial charge on any atom is -0.493 e. The van der Waals surface area contributed by atoms with Gasteiger partial charge in [-0.05, 0) is 50.7 Å². The normalized spacial score (nSPS) is 19.2. The van der Waals surface area contributed by atoms with Crippen LogP contribution in [-0.4, -0.2) is 19.3 Å². The molecule has 2 aliphatic rings. The fourth-order valence-corrected chi connectivity index (χ4v) is 2.96. The molecule has 3 heteroatoms. The Morgan fingerprint density at radius 2 is 2.00 bits per heavy atom. The first-order valence-corrected chi connectivity index (χ1v) is 6.94. The molecule has 3 rings (SSSR count). The number of benzene rings is 1. The molecule has 1 aromatic carbocycles. The first kappa shape index (κ1) is 11.8. The van der Waals surface area contributed by atoms with Crippen molar-refractivity contribution >= 4 is 0 Å². The molecular weight excluding hydrogens is 226 g/mol. The Labute approximate surface area is 108 Å². The van der Waals surface area contributed by atoms with Gasteiger partial charge in [0.25, 0.3) is 0 Å². The maximum atomic E-state index is 5.99. The lowest BCUT2D eigenvalue weighted by Gasteiger charge is -2.28. The number of hydrogen-bond acceptors (Lipinski definition) is 3. The number of aryl methyl sites for hydroxylation is 1. The molecule has 0 bridgehead atoms. The van der Waals surface area contributed by atoms with E-state index in [9.17, 15) is 0 Å². The summed E-state index contributed by atoms with van der Waals surface area (Å²) in [6, 6.07) is 2.35. The number of fused-ring (bicyclic) bond motifs is 2. The molecule has 1 unspecified atom stereocenters. The van der Waals surface area contributed by atoms with Crippen LogP contribution in [0.3, 0.4) is 0 Å². The van der Waals surface area contributed by atoms with Gasteiger partial charge in [0.2, 0.25) is 0 Å². The van der Waals surface area contributed by atoms with Gasteiger partial charge >= 0.3 is 0 Å². The third-order valence-electron chi connectivity index (χ3n) is 3.72. The van der Waals surface area contributed by atoms with E-state index in [1.807, 2.05) is 0 Å². The number of hydrogen-bond donors (Lipinski definition) is 1. The van der Waals surface area contributed by atoms with E-state index < -0.39 is 0 Å². The summed E-state index contributed by atoms with van der Waals surface area (Å²) < 4.78 is 11.7. The standard InChI is InChI=1S/C15H21NO2/c1-10(16)8-13-12-5-3-6-17-14(12)9-11-4-2-7-18-15(11)13/h9-10H,2-8,16H2,1H3. The first-order valence-electron chi connectivity index (χ1n) is 6.94. The van der Waals surface area contributed by atoms with E-state index in [4.69, 9.17) is 15.2 Å². The van der Waals surface area contributed by atoms with Crippen LogP contribution in [0, 0.1) is 0 Å². The van der Waals surface area contributed by atoms with Crippen LogP contribution in [0.25, 0.3) is 0 Å². The van der Waals surface area contributed by atoms with Gasteiger partial charge in [0.15, 0.2) is 0 Å². The Morgan fingerprint density at radius 3 is 2.83 bits per heavy atom. The van der Waals surface area contributed by atoms with E-state index in [1.165, 1.54) is 16.7 Å². The second kappa shape index (κ2) is 4.81. The molecule has 0 aliphatic carbocycles. The van der Waals surface area contributed by atoms with Crippen molar-refractivity contribution in [3.63, 3.8) is 0 Å². The van der Waals surface area contributed by atoms with Crippen molar-refractivity contribution < 1.29 is 9.47 Å². The molecule has 0 saturated carbocycles. The summed E-state index contributed by atoms with van der Waals surface area (Å²) >= 11 is 0. The molecule has 3 nitrogen and oxygen atoms in total. The third-order valence-corrected chi connectivity index (χ3v) is 3.72. The van der Waals surface area contributed by atoms with E-state index in [0.29, 0.717) is 0 Å². The lowest BCUT2D eigenvalue weighted by atomic mass is 9.90. The summed E-state index contributed by atoms with van der Waals surface area (Å²) in [5.74, 6) is 2.17. The van der Waals surface area contributed by atoms with Crippen LogP contribution in [0.5, 0.6) is 11.5 Å². The molecule has 0 fully saturated rings. The molecule has 18 heavy (non-hydrogen) atoms. The zero-order valence-corrected chi connectivity index (χ0v) is 11.0. The van der Waals surface area contributed by atoms with E-state index in [1.54, 1.807) is 0 Å². The highest BCUT2D eigenvalue weighted by Crippen LogP contribution is 2.40. The third kappa shape index (κ3) is 2.07. The average Bonchev–Trinajstić information content (AvgIpc) is 2.38. The van der Waals surface area contributed by atoms with Crippen molar-refractivity contribution in [3.05, 3.63) is 22.8 Å². The Hall–Kier alpha value is -1.22. The first-order chi connectivity index (χ1) is 8.75. The van der Waals surface area contributed by atoms with Gasteiger partial charge in [-0.2, -0.15) is 0 Å². The largest absolute Gasteiger partial charge is 0.493 e. The summed E-state index contributed by atoms with van der Waals surface area (Å²) in [5.41, 5.74) is 9.93. The quantitative estimate of drug-likeness (QED) is 0.871. The van der Waals surface area contributed by atoms with Gasteiger partial charge in [-0.1, -0.05) is 0 Å². The zero-order valence-electron chi connectivity index (χ0n) is 11.0. The van der Waals surface area contributed by atoms with Crippen molar-refractivity contribution in [3.8, 4) is 11.5 Å². The predicted molar refractivity (Wildman–Crippen MR) is 71.4 cm³/mol. The number of nitrogens with two attached hydrogens (primary N) is 1. The molecule has 1 atom stereocenters. The van der Waals surface area contributed by atoms with Crippen molar-refractivity contribution in [2.75, 3.05) is 13.2 Å². The minimum atomic E-state index is 0.160. The summed E-state index contributed by atoms with van der Waals surface area (Å²) in [7, 11) is 0. The van der Waals surface area contributed by atoms with Crippen LogP contribution in [0.4, 0.5) is 0 Å². The SMILES string of the molecule is CC(N)Cc1c2c(cc3c1OCCC3)OCCC2. The predicted octanol–water partition coefficient (Wildman–Crippen LogP) is 2.23. The van der Waals surface area contributed by atoms with Gasteiger partial charge < -0.3 is 15.2 Å². The maximum Gasteiger partial charge on any atom is 0.126 e. The molecule has 2 N–H and O–H groups in total. The Morgan fingerprint density at radius 1 is 1.22 bits per heavy atom. The Kier molecular flexibility index (Phi) is 3.16. The monoisotopic (exact) mass is 247 g/mol. The van der Waals surface area contributed by atoms with Crippen LogP contribution < -0.4 is 15.2 Å². The van der Waals surface area contributed by atoms with Crippen molar-refractivity contribution in [2.24, 2.45) is 5.73 Å². The molecule has 0 aromatic heterocycles. The molecule has 2 aliphatic heterocycles. The van der Waals surface area contributed by atoms with Crippen molar-refractivity contribution in [1.29, 1.82) is 0 Å². The van der Waals surface area contributed by atoms with Gasteiger partial charge in [0.1, 0.15) is 11.5 Å².